The van der Waals surface area contributed by atoms with E-state index in [-0.39, 0.29) is 0 Å². The predicted molar refractivity (Wildman–Crippen MR) is 64.0 cm³/mol. The highest BCUT2D eigenvalue weighted by molar-refractivity contribution is 6.31. The Morgan fingerprint density at radius 2 is 1.75 bits per heavy atom. The molecule has 0 radical (unpaired) electrons. The molecule has 4 heteroatoms. The van der Waals surface area contributed by atoms with Crippen LogP contribution < -0.4 is 5.32 Å². The highest BCUT2D eigenvalue weighted by Gasteiger charge is 1.98. The summed E-state index contributed by atoms with van der Waals surface area (Å²) in [5, 5.41) is 4.02. The van der Waals surface area contributed by atoms with Crippen LogP contribution in [0.5, 0.6) is 0 Å². The van der Waals surface area contributed by atoms with Crippen molar-refractivity contribution >= 4 is 11.6 Å². The van der Waals surface area contributed by atoms with Crippen molar-refractivity contribution in [1.82, 2.24) is 15.3 Å². The van der Waals surface area contributed by atoms with Gasteiger partial charge in [-0.25, -0.2) is 0 Å². The number of hydrogen-bond acceptors (Lipinski definition) is 3. The fraction of sp³-hybridized carbons (Fsp3) is 0.167. The number of aromatic nitrogens is 2. The van der Waals surface area contributed by atoms with Crippen LogP contribution in [0.4, 0.5) is 0 Å². The zero-order valence-corrected chi connectivity index (χ0v) is 9.48. The number of nitrogens with zero attached hydrogens (tertiary/aromatic N) is 2. The SMILES string of the molecule is Clc1cnccc1CNCc1ccncc1. The van der Waals surface area contributed by atoms with Gasteiger partial charge in [0.1, 0.15) is 0 Å². The van der Waals surface area contributed by atoms with Crippen LogP contribution in [-0.2, 0) is 13.1 Å². The summed E-state index contributed by atoms with van der Waals surface area (Å²) in [6.07, 6.45) is 6.98. The van der Waals surface area contributed by atoms with Crippen LogP contribution in [0.25, 0.3) is 0 Å². The third-order valence-corrected chi connectivity index (χ3v) is 2.59. The number of rotatable bonds is 4. The molecular weight excluding hydrogens is 222 g/mol. The van der Waals surface area contributed by atoms with E-state index in [4.69, 9.17) is 11.6 Å². The van der Waals surface area contributed by atoms with Crippen molar-refractivity contribution in [2.75, 3.05) is 0 Å². The van der Waals surface area contributed by atoms with Gasteiger partial charge in [0.05, 0.1) is 5.02 Å². The molecule has 0 aromatic carbocycles. The first-order valence-corrected chi connectivity index (χ1v) is 5.42. The van der Waals surface area contributed by atoms with Crippen LogP contribution in [0, 0.1) is 0 Å². The summed E-state index contributed by atoms with van der Waals surface area (Å²) in [4.78, 5) is 7.91. The smallest absolute Gasteiger partial charge is 0.0634 e. The molecule has 2 aromatic heterocycles. The summed E-state index contributed by atoms with van der Waals surface area (Å²) >= 11 is 5.99. The molecule has 0 spiro atoms. The van der Waals surface area contributed by atoms with Crippen LogP contribution in [0.3, 0.4) is 0 Å². The van der Waals surface area contributed by atoms with Crippen molar-refractivity contribution in [2.24, 2.45) is 0 Å². The molecule has 0 bridgehead atoms. The first-order chi connectivity index (χ1) is 7.86. The molecule has 0 amide bonds. The molecule has 2 heterocycles. The standard InChI is InChI=1S/C12H12ClN3/c13-12-9-15-6-3-11(12)8-16-7-10-1-4-14-5-2-10/h1-6,9,16H,7-8H2. The van der Waals surface area contributed by atoms with Crippen molar-refractivity contribution in [3.05, 3.63) is 59.1 Å². The molecule has 0 unspecified atom stereocenters. The minimum atomic E-state index is 0.699. The molecule has 82 valence electrons. The number of halogens is 1. The van der Waals surface area contributed by atoms with Gasteiger partial charge in [-0.15, -0.1) is 0 Å². The molecule has 2 rings (SSSR count). The van der Waals surface area contributed by atoms with Crippen molar-refractivity contribution in [2.45, 2.75) is 13.1 Å². The molecule has 1 N–H and O–H groups in total. The van der Waals surface area contributed by atoms with Gasteiger partial charge in [0.2, 0.25) is 0 Å². The number of nitrogens with one attached hydrogen (secondary N) is 1. The van der Waals surface area contributed by atoms with Crippen molar-refractivity contribution in [3.8, 4) is 0 Å². The largest absolute Gasteiger partial charge is 0.309 e. The van der Waals surface area contributed by atoms with Crippen LogP contribution in [0.2, 0.25) is 5.02 Å². The lowest BCUT2D eigenvalue weighted by Crippen LogP contribution is -2.12. The maximum absolute atomic E-state index is 5.99. The van der Waals surface area contributed by atoms with E-state index in [9.17, 15) is 0 Å². The number of pyridine rings is 2. The van der Waals surface area contributed by atoms with E-state index in [0.29, 0.717) is 5.02 Å². The fourth-order valence-corrected chi connectivity index (χ4v) is 1.58. The zero-order valence-electron chi connectivity index (χ0n) is 8.73. The second-order valence-corrected chi connectivity index (χ2v) is 3.83. The lowest BCUT2D eigenvalue weighted by Gasteiger charge is -2.05. The summed E-state index contributed by atoms with van der Waals surface area (Å²) in [5.41, 5.74) is 2.27. The molecule has 0 aliphatic rings. The lowest BCUT2D eigenvalue weighted by molar-refractivity contribution is 0.692. The van der Waals surface area contributed by atoms with E-state index in [2.05, 4.69) is 15.3 Å². The summed E-state index contributed by atoms with van der Waals surface area (Å²) in [5.74, 6) is 0. The molecule has 0 aliphatic heterocycles. The maximum Gasteiger partial charge on any atom is 0.0634 e. The van der Waals surface area contributed by atoms with Crippen molar-refractivity contribution in [1.29, 1.82) is 0 Å². The van der Waals surface area contributed by atoms with Crippen LogP contribution in [0.1, 0.15) is 11.1 Å². The summed E-state index contributed by atoms with van der Waals surface area (Å²) in [6.45, 7) is 1.55. The van der Waals surface area contributed by atoms with Crippen LogP contribution >= 0.6 is 11.6 Å². The molecule has 16 heavy (non-hydrogen) atoms. The molecule has 2 aromatic rings. The Hall–Kier alpha value is -1.45. The van der Waals surface area contributed by atoms with E-state index in [1.165, 1.54) is 5.56 Å². The van der Waals surface area contributed by atoms with Gasteiger partial charge < -0.3 is 5.32 Å². The second kappa shape index (κ2) is 5.58. The van der Waals surface area contributed by atoms with Crippen LogP contribution in [-0.4, -0.2) is 9.97 Å². The first kappa shape index (κ1) is 11.0. The van der Waals surface area contributed by atoms with Gasteiger partial charge in [-0.2, -0.15) is 0 Å². The molecule has 0 fully saturated rings. The Morgan fingerprint density at radius 3 is 2.50 bits per heavy atom. The predicted octanol–water partition coefficient (Wildman–Crippen LogP) is 2.42. The highest BCUT2D eigenvalue weighted by Crippen LogP contribution is 2.12. The molecule has 0 saturated heterocycles. The second-order valence-electron chi connectivity index (χ2n) is 3.43. The average Bonchev–Trinajstić information content (AvgIpc) is 2.33. The highest BCUT2D eigenvalue weighted by atomic mass is 35.5. The fourth-order valence-electron chi connectivity index (χ4n) is 1.39. The van der Waals surface area contributed by atoms with Gasteiger partial charge in [0, 0.05) is 37.9 Å². The Labute approximate surface area is 99.5 Å². The van der Waals surface area contributed by atoms with Gasteiger partial charge in [-0.3, -0.25) is 9.97 Å². The van der Waals surface area contributed by atoms with E-state index < -0.39 is 0 Å². The summed E-state index contributed by atoms with van der Waals surface area (Å²) in [6, 6.07) is 5.89. The van der Waals surface area contributed by atoms with Gasteiger partial charge in [-0.05, 0) is 29.3 Å². The normalized spacial score (nSPS) is 10.3. The molecule has 0 aliphatic carbocycles. The monoisotopic (exact) mass is 233 g/mol. The average molecular weight is 234 g/mol. The quantitative estimate of drug-likeness (QED) is 0.882. The van der Waals surface area contributed by atoms with Crippen molar-refractivity contribution in [3.63, 3.8) is 0 Å². The molecule has 3 nitrogen and oxygen atoms in total. The molecule has 0 atom stereocenters. The molecule has 0 saturated carbocycles. The lowest BCUT2D eigenvalue weighted by atomic mass is 10.2. The third kappa shape index (κ3) is 3.02. The maximum atomic E-state index is 5.99. The number of hydrogen-bond donors (Lipinski definition) is 1. The van der Waals surface area contributed by atoms with Gasteiger partial charge in [-0.1, -0.05) is 11.6 Å². The minimum absolute atomic E-state index is 0.699. The van der Waals surface area contributed by atoms with Crippen molar-refractivity contribution < 1.29 is 0 Å². The Balaban J connectivity index is 1.87. The first-order valence-electron chi connectivity index (χ1n) is 5.04. The Bertz CT molecular complexity index is 445. The minimum Gasteiger partial charge on any atom is -0.309 e. The van der Waals surface area contributed by atoms with E-state index >= 15 is 0 Å². The summed E-state index contributed by atoms with van der Waals surface area (Å²) in [7, 11) is 0. The van der Waals surface area contributed by atoms with Gasteiger partial charge >= 0.3 is 0 Å². The molecular formula is C12H12ClN3. The summed E-state index contributed by atoms with van der Waals surface area (Å²) < 4.78 is 0. The van der Waals surface area contributed by atoms with E-state index in [1.807, 2.05) is 18.2 Å². The Kier molecular flexibility index (Phi) is 3.86. The van der Waals surface area contributed by atoms with Gasteiger partial charge in [0.15, 0.2) is 0 Å². The Morgan fingerprint density at radius 1 is 1.00 bits per heavy atom. The third-order valence-electron chi connectivity index (χ3n) is 2.25. The topological polar surface area (TPSA) is 37.8 Å². The zero-order chi connectivity index (χ0) is 11.2. The van der Waals surface area contributed by atoms with E-state index in [0.717, 1.165) is 18.7 Å². The van der Waals surface area contributed by atoms with E-state index in [1.54, 1.807) is 24.8 Å². The van der Waals surface area contributed by atoms with Gasteiger partial charge in [0.25, 0.3) is 0 Å². The van der Waals surface area contributed by atoms with Crippen LogP contribution in [0.15, 0.2) is 43.0 Å².